The number of carbonyl (C=O) groups is 1. The van der Waals surface area contributed by atoms with Crippen LogP contribution in [0.3, 0.4) is 0 Å². The Morgan fingerprint density at radius 3 is 2.44 bits per heavy atom. The van der Waals surface area contributed by atoms with Crippen LogP contribution in [0.2, 0.25) is 0 Å². The number of para-hydroxylation sites is 1. The first-order chi connectivity index (χ1) is 13.2. The topological polar surface area (TPSA) is 77.8 Å². The van der Waals surface area contributed by atoms with Gasteiger partial charge in [-0.2, -0.15) is 0 Å². The Bertz CT molecular complexity index is 1110. The van der Waals surface area contributed by atoms with Crippen LogP contribution in [0.25, 0.3) is 10.9 Å². The van der Waals surface area contributed by atoms with Crippen LogP contribution >= 0.6 is 0 Å². The summed E-state index contributed by atoms with van der Waals surface area (Å²) in [4.78, 5) is 29.5. The van der Waals surface area contributed by atoms with Gasteiger partial charge in [0.2, 0.25) is 5.56 Å². The summed E-state index contributed by atoms with van der Waals surface area (Å²) in [5, 5.41) is 4.14. The number of pyridine rings is 1. The number of benzene rings is 2. The molecule has 4 aromatic rings. The minimum Gasteiger partial charge on any atom is -0.361 e. The molecule has 0 radical (unpaired) electrons. The third kappa shape index (κ3) is 3.53. The molecule has 4 rings (SSSR count). The lowest BCUT2D eigenvalue weighted by Gasteiger charge is -2.18. The van der Waals surface area contributed by atoms with E-state index in [0.717, 1.165) is 22.0 Å². The molecule has 0 bridgehead atoms. The van der Waals surface area contributed by atoms with Gasteiger partial charge in [-0.25, -0.2) is 0 Å². The molecule has 27 heavy (non-hydrogen) atoms. The van der Waals surface area contributed by atoms with Gasteiger partial charge in [0.25, 0.3) is 5.91 Å². The molecule has 2 aromatic heterocycles. The first-order valence-corrected chi connectivity index (χ1v) is 8.80. The second-order valence-corrected chi connectivity index (χ2v) is 6.40. The van der Waals surface area contributed by atoms with Gasteiger partial charge in [0.1, 0.15) is 0 Å². The summed E-state index contributed by atoms with van der Waals surface area (Å²) < 4.78 is 0. The molecule has 0 aliphatic rings. The lowest BCUT2D eigenvalue weighted by molar-refractivity contribution is 0.0952. The van der Waals surface area contributed by atoms with Crippen LogP contribution in [0.4, 0.5) is 0 Å². The van der Waals surface area contributed by atoms with Gasteiger partial charge in [0, 0.05) is 41.8 Å². The van der Waals surface area contributed by atoms with Gasteiger partial charge in [-0.3, -0.25) is 9.59 Å². The van der Waals surface area contributed by atoms with Gasteiger partial charge >= 0.3 is 0 Å². The van der Waals surface area contributed by atoms with E-state index in [4.69, 9.17) is 0 Å². The number of aromatic amines is 2. The maximum Gasteiger partial charge on any atom is 0.252 e. The van der Waals surface area contributed by atoms with Gasteiger partial charge in [0.05, 0.1) is 5.56 Å². The Kier molecular flexibility index (Phi) is 4.58. The molecule has 5 heteroatoms. The van der Waals surface area contributed by atoms with Crippen LogP contribution in [0.15, 0.2) is 83.9 Å². The second-order valence-electron chi connectivity index (χ2n) is 6.40. The molecule has 5 nitrogen and oxygen atoms in total. The average Bonchev–Trinajstić information content (AvgIpc) is 3.13. The quantitative estimate of drug-likeness (QED) is 0.512. The third-order valence-electron chi connectivity index (χ3n) is 4.71. The molecular formula is C22H19N3O2. The van der Waals surface area contributed by atoms with E-state index in [1.807, 2.05) is 42.6 Å². The zero-order valence-electron chi connectivity index (χ0n) is 14.6. The normalized spacial score (nSPS) is 12.0. The van der Waals surface area contributed by atoms with Gasteiger partial charge in [-0.1, -0.05) is 48.5 Å². The number of aromatic nitrogens is 2. The number of fused-ring (bicyclic) bond motifs is 1. The Morgan fingerprint density at radius 1 is 0.889 bits per heavy atom. The molecule has 134 valence electrons. The van der Waals surface area contributed by atoms with Crippen molar-refractivity contribution in [2.24, 2.45) is 0 Å². The fourth-order valence-corrected chi connectivity index (χ4v) is 3.32. The van der Waals surface area contributed by atoms with Gasteiger partial charge in [-0.05, 0) is 23.3 Å². The molecule has 0 spiro atoms. The summed E-state index contributed by atoms with van der Waals surface area (Å²) in [7, 11) is 0. The van der Waals surface area contributed by atoms with Crippen molar-refractivity contribution in [3.63, 3.8) is 0 Å². The number of hydrogen-bond donors (Lipinski definition) is 3. The number of hydrogen-bond acceptors (Lipinski definition) is 2. The van der Waals surface area contributed by atoms with Crippen molar-refractivity contribution >= 4 is 16.8 Å². The van der Waals surface area contributed by atoms with Crippen molar-refractivity contribution in [3.8, 4) is 0 Å². The van der Waals surface area contributed by atoms with E-state index < -0.39 is 0 Å². The van der Waals surface area contributed by atoms with Gasteiger partial charge in [0.15, 0.2) is 0 Å². The first-order valence-electron chi connectivity index (χ1n) is 8.80. The smallest absolute Gasteiger partial charge is 0.252 e. The highest BCUT2D eigenvalue weighted by Gasteiger charge is 2.19. The molecule has 0 aliphatic heterocycles. The molecule has 3 N–H and O–H groups in total. The van der Waals surface area contributed by atoms with E-state index >= 15 is 0 Å². The van der Waals surface area contributed by atoms with Crippen molar-refractivity contribution in [3.05, 3.63) is 106 Å². The molecule has 0 saturated carbocycles. The van der Waals surface area contributed by atoms with Crippen LogP contribution < -0.4 is 10.9 Å². The highest BCUT2D eigenvalue weighted by atomic mass is 16.1. The lowest BCUT2D eigenvalue weighted by atomic mass is 9.91. The predicted octanol–water partition coefficient (Wildman–Crippen LogP) is 3.42. The number of nitrogens with one attached hydrogen (secondary N) is 3. The third-order valence-corrected chi connectivity index (χ3v) is 4.71. The Morgan fingerprint density at radius 2 is 1.67 bits per heavy atom. The molecule has 1 atom stereocenters. The van der Waals surface area contributed by atoms with Crippen LogP contribution in [0.1, 0.15) is 27.4 Å². The highest BCUT2D eigenvalue weighted by Crippen LogP contribution is 2.30. The number of rotatable bonds is 5. The number of amides is 1. The number of carbonyl (C=O) groups excluding carboxylic acids is 1. The van der Waals surface area contributed by atoms with E-state index in [9.17, 15) is 9.59 Å². The molecule has 2 aromatic carbocycles. The standard InChI is InChI=1S/C22H19N3O2/c26-21-11-10-16(12-24-21)22(27)25-13-18(15-6-2-1-3-7-15)19-14-23-20-9-5-4-8-17(19)20/h1-12,14,18,23H,13H2,(H,24,26)(H,25,27)/t18-/m0/s1. The number of H-pyrrole nitrogens is 2. The monoisotopic (exact) mass is 357 g/mol. The van der Waals surface area contributed by atoms with Gasteiger partial charge < -0.3 is 15.3 Å². The summed E-state index contributed by atoms with van der Waals surface area (Å²) in [6.07, 6.45) is 3.44. The van der Waals surface area contributed by atoms with E-state index in [1.165, 1.54) is 18.3 Å². The van der Waals surface area contributed by atoms with Crippen molar-refractivity contribution in [2.75, 3.05) is 6.54 Å². The summed E-state index contributed by atoms with van der Waals surface area (Å²) in [6.45, 7) is 0.448. The zero-order chi connectivity index (χ0) is 18.6. The fourth-order valence-electron chi connectivity index (χ4n) is 3.32. The van der Waals surface area contributed by atoms with Crippen LogP contribution in [0.5, 0.6) is 0 Å². The van der Waals surface area contributed by atoms with Gasteiger partial charge in [-0.15, -0.1) is 0 Å². The van der Waals surface area contributed by atoms with Crippen molar-refractivity contribution < 1.29 is 4.79 Å². The van der Waals surface area contributed by atoms with E-state index in [0.29, 0.717) is 12.1 Å². The molecule has 0 unspecified atom stereocenters. The average molecular weight is 357 g/mol. The Labute approximate surface area is 156 Å². The fraction of sp³-hybridized carbons (Fsp3) is 0.0909. The first kappa shape index (κ1) is 16.8. The van der Waals surface area contributed by atoms with E-state index in [1.54, 1.807) is 0 Å². The minimum absolute atomic E-state index is 0.00839. The van der Waals surface area contributed by atoms with Crippen molar-refractivity contribution in [1.82, 2.24) is 15.3 Å². The van der Waals surface area contributed by atoms with E-state index in [2.05, 4.69) is 33.5 Å². The molecule has 1 amide bonds. The molecule has 0 fully saturated rings. The van der Waals surface area contributed by atoms with Crippen molar-refractivity contribution in [2.45, 2.75) is 5.92 Å². The molecule has 0 aliphatic carbocycles. The maximum absolute atomic E-state index is 12.5. The second kappa shape index (κ2) is 7.33. The summed E-state index contributed by atoms with van der Waals surface area (Å²) in [5.74, 6) is -0.207. The molecule has 2 heterocycles. The molecular weight excluding hydrogens is 338 g/mol. The minimum atomic E-state index is -0.229. The summed E-state index contributed by atoms with van der Waals surface area (Å²) >= 11 is 0. The predicted molar refractivity (Wildman–Crippen MR) is 106 cm³/mol. The summed E-state index contributed by atoms with van der Waals surface area (Å²) in [6, 6.07) is 21.1. The van der Waals surface area contributed by atoms with E-state index in [-0.39, 0.29) is 17.4 Å². The lowest BCUT2D eigenvalue weighted by Crippen LogP contribution is -2.29. The Hall–Kier alpha value is -3.60. The van der Waals surface area contributed by atoms with Crippen LogP contribution in [0, 0.1) is 0 Å². The molecule has 0 saturated heterocycles. The maximum atomic E-state index is 12.5. The van der Waals surface area contributed by atoms with Crippen LogP contribution in [-0.4, -0.2) is 22.4 Å². The highest BCUT2D eigenvalue weighted by molar-refractivity contribution is 5.94. The SMILES string of the molecule is O=C(NC[C@@H](c1ccccc1)c1c[nH]c2ccccc12)c1ccc(=O)[nH]c1. The largest absolute Gasteiger partial charge is 0.361 e. The summed E-state index contributed by atoms with van der Waals surface area (Å²) in [5.41, 5.74) is 3.54. The Balaban J connectivity index is 1.64. The van der Waals surface area contributed by atoms with Crippen LogP contribution in [-0.2, 0) is 0 Å². The van der Waals surface area contributed by atoms with Crippen molar-refractivity contribution in [1.29, 1.82) is 0 Å². The zero-order valence-corrected chi connectivity index (χ0v) is 14.6.